The number of benzene rings is 1. The highest BCUT2D eigenvalue weighted by molar-refractivity contribution is 7.14. The highest BCUT2D eigenvalue weighted by atomic mass is 32.1. The molecule has 3 unspecified atom stereocenters. The Morgan fingerprint density at radius 2 is 0.958 bits per heavy atom. The zero-order valence-electron chi connectivity index (χ0n) is 24.9. The fraction of sp³-hybridized carbons (Fsp3) is 0.0833. The Labute approximate surface area is 300 Å². The maximum Gasteiger partial charge on any atom is 0.120 e. The lowest BCUT2D eigenvalue weighted by Gasteiger charge is -2.39. The first-order chi connectivity index (χ1) is 23.8. The Kier molecular flexibility index (Phi) is 7.06. The van der Waals surface area contributed by atoms with E-state index in [2.05, 4.69) is 121 Å². The topological polar surface area (TPSA) is 74.2 Å². The first-order valence-corrected chi connectivity index (χ1v) is 20.6. The number of nitrogens with zero attached hydrogens (tertiary/aromatic N) is 3. The minimum Gasteiger partial charge on any atom is -0.372 e. The van der Waals surface area contributed by atoms with Crippen molar-refractivity contribution in [2.75, 3.05) is 16.0 Å². The van der Waals surface area contributed by atoms with Crippen LogP contribution in [0.3, 0.4) is 0 Å². The SMILES string of the molecule is c1csc(C2=Nc3c(c4c(c5nc(-c6cccs6)c(-c6cccs6)nc35)NC(c3cccs3)C(c3cccs3)N4)NC2c2cccs2)c1. The molecule has 0 bridgehead atoms. The molecule has 0 radical (unpaired) electrons. The standard InChI is InChI=1S/C36H24N6S6/c1-7-19(43-13-1)25-26(20-8-2-14-44-20)38-32-31(37-25)33-35(41-28(22-10-4-16-46-22)27(39-33)21-9-3-15-45-21)36-34(32)40-29(23-11-5-17-47-23)30(42-36)24-12-6-18-48-24/h1-18,25-27,37-39H. The Hall–Kier alpha value is -4.17. The van der Waals surface area contributed by atoms with Crippen LogP contribution in [0.25, 0.3) is 32.2 Å². The average Bonchev–Trinajstić information content (AvgIpc) is 3.99. The molecule has 12 heteroatoms. The molecular formula is C36H24N6S6. The third-order valence-electron chi connectivity index (χ3n) is 8.63. The van der Waals surface area contributed by atoms with Gasteiger partial charge in [-0.05, 0) is 68.7 Å². The van der Waals surface area contributed by atoms with E-state index in [0.29, 0.717) is 0 Å². The lowest BCUT2D eigenvalue weighted by molar-refractivity contribution is 0.657. The second-order valence-corrected chi connectivity index (χ2v) is 17.2. The van der Waals surface area contributed by atoms with Crippen molar-refractivity contribution in [3.8, 4) is 21.1 Å². The highest BCUT2D eigenvalue weighted by Crippen LogP contribution is 2.56. The number of aromatic nitrogens is 2. The van der Waals surface area contributed by atoms with E-state index in [1.54, 1.807) is 68.0 Å². The number of aliphatic imine (C=N–C) groups is 1. The van der Waals surface area contributed by atoms with Crippen LogP contribution >= 0.6 is 68.0 Å². The minimum atomic E-state index is -0.107. The summed E-state index contributed by atoms with van der Waals surface area (Å²) in [5.74, 6) is 0. The Balaban J connectivity index is 1.29. The molecule has 0 saturated carbocycles. The molecule has 3 N–H and O–H groups in total. The van der Waals surface area contributed by atoms with Gasteiger partial charge in [0.25, 0.3) is 0 Å². The molecule has 0 fully saturated rings. The summed E-state index contributed by atoms with van der Waals surface area (Å²) >= 11 is 10.4. The van der Waals surface area contributed by atoms with Crippen molar-refractivity contribution in [2.45, 2.75) is 18.1 Å². The van der Waals surface area contributed by atoms with Crippen LogP contribution in [0, 0.1) is 0 Å². The molecule has 3 atom stereocenters. The molecule has 0 aliphatic carbocycles. The lowest BCUT2D eigenvalue weighted by atomic mass is 9.96. The number of thiophene rings is 6. The van der Waals surface area contributed by atoms with E-state index in [0.717, 1.165) is 65.5 Å². The predicted octanol–water partition coefficient (Wildman–Crippen LogP) is 11.9. The maximum atomic E-state index is 5.54. The first-order valence-electron chi connectivity index (χ1n) is 15.3. The molecule has 0 spiro atoms. The maximum absolute atomic E-state index is 5.54. The molecule has 7 aromatic heterocycles. The number of nitrogens with one attached hydrogen (secondary N) is 3. The van der Waals surface area contributed by atoms with E-state index < -0.39 is 0 Å². The second-order valence-electron chi connectivity index (χ2n) is 11.4. The summed E-state index contributed by atoms with van der Waals surface area (Å²) in [6.45, 7) is 0. The van der Waals surface area contributed by atoms with Gasteiger partial charge < -0.3 is 16.0 Å². The molecule has 9 heterocycles. The molecule has 6 nitrogen and oxygen atoms in total. The fourth-order valence-electron chi connectivity index (χ4n) is 6.53. The summed E-state index contributed by atoms with van der Waals surface area (Å²) in [7, 11) is 0. The second kappa shape index (κ2) is 11.8. The molecule has 48 heavy (non-hydrogen) atoms. The summed E-state index contributed by atoms with van der Waals surface area (Å²) in [5.41, 5.74) is 8.06. The quantitative estimate of drug-likeness (QED) is 0.159. The summed E-state index contributed by atoms with van der Waals surface area (Å²) in [4.78, 5) is 23.6. The molecule has 10 rings (SSSR count). The monoisotopic (exact) mass is 732 g/mol. The van der Waals surface area contributed by atoms with Gasteiger partial charge in [-0.3, -0.25) is 0 Å². The molecule has 0 amide bonds. The van der Waals surface area contributed by atoms with Gasteiger partial charge in [0.05, 0.1) is 49.5 Å². The van der Waals surface area contributed by atoms with Gasteiger partial charge >= 0.3 is 0 Å². The van der Waals surface area contributed by atoms with E-state index in [1.807, 2.05) is 0 Å². The highest BCUT2D eigenvalue weighted by Gasteiger charge is 2.39. The van der Waals surface area contributed by atoms with Crippen LogP contribution in [0.1, 0.15) is 37.6 Å². The average molecular weight is 733 g/mol. The number of fused-ring (bicyclic) bond motifs is 6. The molecule has 1 aromatic carbocycles. The molecule has 2 aliphatic rings. The van der Waals surface area contributed by atoms with Crippen LogP contribution in [0.5, 0.6) is 0 Å². The van der Waals surface area contributed by atoms with Crippen molar-refractivity contribution >= 4 is 108 Å². The Bertz CT molecular complexity index is 2370. The molecule has 2 aliphatic heterocycles. The van der Waals surface area contributed by atoms with Crippen LogP contribution < -0.4 is 16.0 Å². The number of hydrogen-bond acceptors (Lipinski definition) is 12. The normalized spacial score (nSPS) is 18.4. The fourth-order valence-corrected chi connectivity index (χ4v) is 11.1. The van der Waals surface area contributed by atoms with Crippen LogP contribution in [0.4, 0.5) is 22.7 Å². The van der Waals surface area contributed by atoms with E-state index in [1.165, 1.54) is 14.6 Å². The largest absolute Gasteiger partial charge is 0.372 e. The van der Waals surface area contributed by atoms with Crippen molar-refractivity contribution in [1.82, 2.24) is 9.97 Å². The van der Waals surface area contributed by atoms with E-state index in [9.17, 15) is 0 Å². The predicted molar refractivity (Wildman–Crippen MR) is 209 cm³/mol. The third kappa shape index (κ3) is 4.70. The van der Waals surface area contributed by atoms with Crippen molar-refractivity contribution in [1.29, 1.82) is 0 Å². The van der Waals surface area contributed by atoms with Crippen molar-refractivity contribution in [3.05, 3.63) is 125 Å². The van der Waals surface area contributed by atoms with Crippen molar-refractivity contribution < 1.29 is 0 Å². The first kappa shape index (κ1) is 28.8. The zero-order valence-corrected chi connectivity index (χ0v) is 29.8. The van der Waals surface area contributed by atoms with Gasteiger partial charge in [0.2, 0.25) is 0 Å². The summed E-state index contributed by atoms with van der Waals surface area (Å²) in [5, 5.41) is 24.8. The number of hydrogen-bond donors (Lipinski definition) is 3. The van der Waals surface area contributed by atoms with Crippen molar-refractivity contribution in [3.63, 3.8) is 0 Å². The zero-order chi connectivity index (χ0) is 31.6. The van der Waals surface area contributed by atoms with Crippen molar-refractivity contribution in [2.24, 2.45) is 4.99 Å². The Morgan fingerprint density at radius 1 is 0.458 bits per heavy atom. The van der Waals surface area contributed by atoms with Gasteiger partial charge in [-0.2, -0.15) is 0 Å². The third-order valence-corrected chi connectivity index (χ3v) is 14.1. The number of rotatable bonds is 6. The lowest BCUT2D eigenvalue weighted by Crippen LogP contribution is -2.31. The molecular weight excluding hydrogens is 709 g/mol. The van der Waals surface area contributed by atoms with Gasteiger partial charge in [-0.1, -0.05) is 36.4 Å². The van der Waals surface area contributed by atoms with Crippen LogP contribution in [0.2, 0.25) is 0 Å². The van der Waals surface area contributed by atoms with E-state index >= 15 is 0 Å². The van der Waals surface area contributed by atoms with E-state index in [4.69, 9.17) is 15.0 Å². The van der Waals surface area contributed by atoms with Crippen LogP contribution in [-0.4, -0.2) is 15.7 Å². The smallest absolute Gasteiger partial charge is 0.120 e. The Morgan fingerprint density at radius 3 is 1.50 bits per heavy atom. The van der Waals surface area contributed by atoms with Gasteiger partial charge in [-0.15, -0.1) is 68.0 Å². The number of anilines is 3. The van der Waals surface area contributed by atoms with Crippen LogP contribution in [0.15, 0.2) is 110 Å². The summed E-state index contributed by atoms with van der Waals surface area (Å²) < 4.78 is 0. The molecule has 0 saturated heterocycles. The summed E-state index contributed by atoms with van der Waals surface area (Å²) in [6.07, 6.45) is 0. The van der Waals surface area contributed by atoms with Crippen LogP contribution in [-0.2, 0) is 0 Å². The molecule has 234 valence electrons. The van der Waals surface area contributed by atoms with E-state index in [-0.39, 0.29) is 18.1 Å². The molecule has 8 aromatic rings. The summed E-state index contributed by atoms with van der Waals surface area (Å²) in [6, 6.07) is 25.6. The van der Waals surface area contributed by atoms with Gasteiger partial charge in [0, 0.05) is 14.6 Å². The van der Waals surface area contributed by atoms with Gasteiger partial charge in [-0.25, -0.2) is 15.0 Å². The minimum absolute atomic E-state index is 0.00299. The van der Waals surface area contributed by atoms with Gasteiger partial charge in [0.1, 0.15) is 34.2 Å². The van der Waals surface area contributed by atoms with Gasteiger partial charge in [0.15, 0.2) is 0 Å².